The highest BCUT2D eigenvalue weighted by Crippen LogP contribution is 2.44. The fourth-order valence-corrected chi connectivity index (χ4v) is 5.36. The van der Waals surface area contributed by atoms with Crippen molar-refractivity contribution in [1.29, 1.82) is 0 Å². The Morgan fingerprint density at radius 2 is 1.04 bits per heavy atom. The summed E-state index contributed by atoms with van der Waals surface area (Å²) in [5, 5.41) is 11.3. The number of rotatable bonds is 17. The second-order valence-electron chi connectivity index (χ2n) is 12.1. The number of carbonyl (C=O) groups is 3. The zero-order valence-corrected chi connectivity index (χ0v) is 28.6. The van der Waals surface area contributed by atoms with Crippen LogP contribution >= 0.6 is 0 Å². The van der Waals surface area contributed by atoms with Crippen molar-refractivity contribution in [1.82, 2.24) is 0 Å². The summed E-state index contributed by atoms with van der Waals surface area (Å²) in [5.74, 6) is -0.0810. The molecule has 10 nitrogen and oxygen atoms in total. The molecule has 2 atom stereocenters. The Balaban J connectivity index is 1.47. The molecule has 0 bridgehead atoms. The second kappa shape index (κ2) is 17.1. The Hall–Kier alpha value is -6.03. The summed E-state index contributed by atoms with van der Waals surface area (Å²) in [6, 6.07) is 25.7. The van der Waals surface area contributed by atoms with Gasteiger partial charge in [0.15, 0.2) is 12.2 Å². The van der Waals surface area contributed by atoms with Crippen molar-refractivity contribution in [2.75, 3.05) is 26.4 Å². The van der Waals surface area contributed by atoms with Crippen molar-refractivity contribution >= 4 is 28.7 Å². The molecule has 0 aliphatic heterocycles. The standard InChI is InChI=1S/C41H40O10/c1-26(2)40(44)50-31(22-46-29-13-7-5-8-14-29)24-48-37-33-17-11-12-18-34(33)38(36-21-28(39(42)43)19-20-35(36)37)49-25-32(51-41(45)27(3)4)23-47-30-15-9-6-10-16-30/h5-19,31-32H,1,3,20-25H2,2,4H3,(H,42,43). The molecule has 5 rings (SSSR count). The van der Waals surface area contributed by atoms with Crippen molar-refractivity contribution < 1.29 is 47.9 Å². The van der Waals surface area contributed by atoms with Gasteiger partial charge in [0.2, 0.25) is 0 Å². The van der Waals surface area contributed by atoms with Crippen LogP contribution in [0.4, 0.5) is 0 Å². The number of benzene rings is 4. The number of hydrogen-bond donors (Lipinski definition) is 1. The third kappa shape index (κ3) is 9.57. The van der Waals surface area contributed by atoms with Crippen LogP contribution in [-0.2, 0) is 36.7 Å². The predicted octanol–water partition coefficient (Wildman–Crippen LogP) is 6.84. The van der Waals surface area contributed by atoms with Gasteiger partial charge in [0, 0.05) is 45.0 Å². The van der Waals surface area contributed by atoms with Crippen molar-refractivity contribution in [2.45, 2.75) is 38.9 Å². The van der Waals surface area contributed by atoms with Gasteiger partial charge in [-0.25, -0.2) is 14.4 Å². The monoisotopic (exact) mass is 692 g/mol. The number of hydrogen-bond acceptors (Lipinski definition) is 9. The third-order valence-corrected chi connectivity index (χ3v) is 7.95. The van der Waals surface area contributed by atoms with E-state index in [1.165, 1.54) is 0 Å². The first kappa shape index (κ1) is 36.3. The summed E-state index contributed by atoms with van der Waals surface area (Å²) in [7, 11) is 0. The fourth-order valence-electron chi connectivity index (χ4n) is 5.36. The van der Waals surface area contributed by atoms with Crippen LogP contribution in [0.1, 0.15) is 25.0 Å². The summed E-state index contributed by atoms with van der Waals surface area (Å²) in [6.07, 6.45) is 0.324. The van der Waals surface area contributed by atoms with Crippen LogP contribution in [0.5, 0.6) is 23.0 Å². The number of carboxylic acids is 1. The maximum Gasteiger partial charge on any atom is 0.333 e. The smallest absolute Gasteiger partial charge is 0.333 e. The molecule has 0 fully saturated rings. The predicted molar refractivity (Wildman–Crippen MR) is 191 cm³/mol. The van der Waals surface area contributed by atoms with E-state index < -0.39 is 30.1 Å². The number of aliphatic carboxylic acids is 1. The number of allylic oxidation sites excluding steroid dienone is 1. The molecule has 4 aromatic rings. The zero-order chi connectivity index (χ0) is 36.3. The minimum atomic E-state index is -1.04. The minimum absolute atomic E-state index is 0.0000261. The highest BCUT2D eigenvalue weighted by Gasteiger charge is 2.29. The van der Waals surface area contributed by atoms with Crippen molar-refractivity contribution in [2.24, 2.45) is 0 Å². The fraction of sp³-hybridized carbons (Fsp3) is 0.244. The van der Waals surface area contributed by atoms with Gasteiger partial charge in [0.25, 0.3) is 0 Å². The third-order valence-electron chi connectivity index (χ3n) is 7.95. The first-order valence-corrected chi connectivity index (χ1v) is 16.4. The molecule has 1 aliphatic carbocycles. The second-order valence-corrected chi connectivity index (χ2v) is 12.1. The first-order chi connectivity index (χ1) is 24.6. The first-order valence-electron chi connectivity index (χ1n) is 16.4. The minimum Gasteiger partial charge on any atom is -0.490 e. The quantitative estimate of drug-likeness (QED) is 0.0929. The molecule has 0 spiro atoms. The Kier molecular flexibility index (Phi) is 12.1. The maximum absolute atomic E-state index is 12.6. The van der Waals surface area contributed by atoms with Crippen LogP contribution in [0.2, 0.25) is 0 Å². The largest absolute Gasteiger partial charge is 0.490 e. The summed E-state index contributed by atoms with van der Waals surface area (Å²) in [4.78, 5) is 37.3. The van der Waals surface area contributed by atoms with Gasteiger partial charge in [-0.2, -0.15) is 0 Å². The molecule has 0 aromatic heterocycles. The number of ether oxygens (including phenoxy) is 6. The van der Waals surface area contributed by atoms with Crippen molar-refractivity contribution in [3.05, 3.63) is 132 Å². The highest BCUT2D eigenvalue weighted by atomic mass is 16.6. The molecule has 0 radical (unpaired) electrons. The SMILES string of the molecule is C=C(C)C(=O)OC(COc1ccccc1)COc1c2c(c(OCC(COc3ccccc3)OC(=O)C(=C)C)c3ccccc13)CC(C(=O)O)=CC2. The summed E-state index contributed by atoms with van der Waals surface area (Å²) in [6.45, 7) is 10.4. The molecule has 1 N–H and O–H groups in total. The maximum atomic E-state index is 12.6. The van der Waals surface area contributed by atoms with Crippen LogP contribution in [0.3, 0.4) is 0 Å². The topological polar surface area (TPSA) is 127 Å². The molecular formula is C41H40O10. The van der Waals surface area contributed by atoms with Gasteiger partial charge in [-0.15, -0.1) is 0 Å². The Morgan fingerprint density at radius 3 is 1.47 bits per heavy atom. The molecular weight excluding hydrogens is 652 g/mol. The molecule has 0 saturated carbocycles. The number of para-hydroxylation sites is 2. The van der Waals surface area contributed by atoms with E-state index in [4.69, 9.17) is 28.4 Å². The van der Waals surface area contributed by atoms with Gasteiger partial charge < -0.3 is 33.5 Å². The normalized spacial score (nSPS) is 13.1. The molecule has 2 unspecified atom stereocenters. The Bertz CT molecular complexity index is 1930. The molecule has 0 amide bonds. The molecule has 1 aliphatic rings. The zero-order valence-electron chi connectivity index (χ0n) is 28.6. The van der Waals surface area contributed by atoms with Gasteiger partial charge in [-0.05, 0) is 44.5 Å². The van der Waals surface area contributed by atoms with Crippen molar-refractivity contribution in [3.63, 3.8) is 0 Å². The number of carbonyl (C=O) groups excluding carboxylic acids is 2. The molecule has 51 heavy (non-hydrogen) atoms. The van der Waals surface area contributed by atoms with E-state index in [0.29, 0.717) is 39.3 Å². The van der Waals surface area contributed by atoms with E-state index in [1.54, 1.807) is 44.2 Å². The lowest BCUT2D eigenvalue weighted by Gasteiger charge is -2.27. The van der Waals surface area contributed by atoms with Gasteiger partial charge in [0.05, 0.1) is 0 Å². The lowest BCUT2D eigenvalue weighted by Crippen LogP contribution is -2.32. The van der Waals surface area contributed by atoms with Crippen LogP contribution in [0, 0.1) is 0 Å². The highest BCUT2D eigenvalue weighted by molar-refractivity contribution is 5.98. The van der Waals surface area contributed by atoms with Gasteiger partial charge in [-0.1, -0.05) is 79.9 Å². The number of esters is 2. The van der Waals surface area contributed by atoms with Crippen LogP contribution in [0.15, 0.2) is 121 Å². The molecule has 0 saturated heterocycles. The van der Waals surface area contributed by atoms with Crippen LogP contribution in [-0.4, -0.2) is 61.6 Å². The van der Waals surface area contributed by atoms with E-state index in [0.717, 1.165) is 5.56 Å². The van der Waals surface area contributed by atoms with E-state index in [-0.39, 0.29) is 56.0 Å². The van der Waals surface area contributed by atoms with Gasteiger partial charge >= 0.3 is 17.9 Å². The van der Waals surface area contributed by atoms with E-state index in [1.807, 2.05) is 60.7 Å². The summed E-state index contributed by atoms with van der Waals surface area (Å²) in [5.41, 5.74) is 2.00. The Morgan fingerprint density at radius 1 is 0.627 bits per heavy atom. The van der Waals surface area contributed by atoms with Crippen molar-refractivity contribution in [3.8, 4) is 23.0 Å². The number of carboxylic acid groups (broad SMARTS) is 1. The summed E-state index contributed by atoms with van der Waals surface area (Å²) < 4.78 is 36.1. The molecule has 10 heteroatoms. The van der Waals surface area contributed by atoms with E-state index >= 15 is 0 Å². The molecule has 4 aromatic carbocycles. The lowest BCUT2D eigenvalue weighted by atomic mass is 9.87. The van der Waals surface area contributed by atoms with Crippen LogP contribution < -0.4 is 18.9 Å². The number of fused-ring (bicyclic) bond motifs is 2. The molecule has 264 valence electrons. The van der Waals surface area contributed by atoms with E-state index in [9.17, 15) is 19.5 Å². The summed E-state index contributed by atoms with van der Waals surface area (Å²) >= 11 is 0. The Labute approximate surface area is 296 Å². The van der Waals surface area contributed by atoms with Crippen LogP contribution in [0.25, 0.3) is 10.8 Å². The van der Waals surface area contributed by atoms with Gasteiger partial charge in [-0.3, -0.25) is 0 Å². The average Bonchev–Trinajstić information content (AvgIpc) is 3.14. The molecule has 0 heterocycles. The lowest BCUT2D eigenvalue weighted by molar-refractivity contribution is -0.148. The average molecular weight is 693 g/mol. The van der Waals surface area contributed by atoms with Gasteiger partial charge in [0.1, 0.15) is 49.4 Å². The van der Waals surface area contributed by atoms with E-state index in [2.05, 4.69) is 13.2 Å².